The van der Waals surface area contributed by atoms with Crippen molar-refractivity contribution in [2.24, 2.45) is 0 Å². The van der Waals surface area contributed by atoms with E-state index in [0.29, 0.717) is 6.61 Å². The first kappa shape index (κ1) is 18.2. The molecule has 0 fully saturated rings. The summed E-state index contributed by atoms with van der Waals surface area (Å²) in [5.41, 5.74) is 0. The second-order valence-corrected chi connectivity index (χ2v) is 29.7. The molecule has 0 radical (unpaired) electrons. The van der Waals surface area contributed by atoms with Crippen LogP contribution in [0.3, 0.4) is 0 Å². The third-order valence-corrected chi connectivity index (χ3v) is 15.0. The monoisotopic (exact) mass is 374 g/mol. The maximum atomic E-state index is 12.9. The molecule has 116 valence electrons. The first-order valence-corrected chi connectivity index (χ1v) is 22.0. The van der Waals surface area contributed by atoms with E-state index in [4.69, 9.17) is 4.74 Å². The number of hydrogen-bond donors (Lipinski definition) is 0. The number of carbonyl (C=O) groups excluding carboxylic acids is 1. The third kappa shape index (κ3) is 2.75. The number of esters is 1. The van der Waals surface area contributed by atoms with Crippen molar-refractivity contribution in [3.05, 3.63) is 9.60 Å². The van der Waals surface area contributed by atoms with Crippen LogP contribution < -0.4 is 0 Å². The fourth-order valence-corrected chi connectivity index (χ4v) is 24.4. The second-order valence-electron chi connectivity index (χ2n) is 8.97. The second kappa shape index (κ2) is 5.13. The Bertz CT molecular complexity index is 424. The Kier molecular flexibility index (Phi) is 4.67. The average Bonchev–Trinajstić information content (AvgIpc) is 2.86. The summed E-state index contributed by atoms with van der Waals surface area (Å²) in [7, 11) is -3.16. The molecule has 20 heavy (non-hydrogen) atoms. The van der Waals surface area contributed by atoms with E-state index in [1.807, 2.05) is 6.92 Å². The molecule has 1 rings (SSSR count). The number of hydrogen-bond acceptors (Lipinski definition) is 2. The van der Waals surface area contributed by atoms with Crippen molar-refractivity contribution >= 4 is 35.4 Å². The molecule has 0 heterocycles. The molecule has 0 saturated carbocycles. The maximum absolute atomic E-state index is 12.9. The van der Waals surface area contributed by atoms with E-state index in [0.717, 1.165) is 0 Å². The fraction of sp³-hybridized carbons (Fsp3) is 0.800. The third-order valence-electron chi connectivity index (χ3n) is 4.14. The van der Waals surface area contributed by atoms with Crippen LogP contribution >= 0.6 is 0 Å². The van der Waals surface area contributed by atoms with Crippen LogP contribution in [0.1, 0.15) is 6.92 Å². The standard InChI is InChI=1S/C15H32GeO2Si2/c1-11-18-14(17)15(20(8,9)10)12(16(2,3)4)13(15)19(5,6)7/h11H2,1-10H3. The van der Waals surface area contributed by atoms with E-state index < -0.39 is 29.4 Å². The van der Waals surface area contributed by atoms with Gasteiger partial charge in [-0.3, -0.25) is 0 Å². The van der Waals surface area contributed by atoms with Crippen LogP contribution in [0.2, 0.25) is 61.6 Å². The molecular formula is C15H32GeO2Si2. The zero-order valence-corrected chi connectivity index (χ0v) is 19.1. The van der Waals surface area contributed by atoms with Crippen LogP contribution in [-0.4, -0.2) is 42.0 Å². The molecule has 0 N–H and O–H groups in total. The molecule has 0 aromatic rings. The Morgan fingerprint density at radius 3 is 1.75 bits per heavy atom. The molecule has 0 aromatic carbocycles. The number of ether oxygens (including phenoxy) is 1. The van der Waals surface area contributed by atoms with Gasteiger partial charge in [-0.05, 0) is 0 Å². The van der Waals surface area contributed by atoms with Gasteiger partial charge in [0.25, 0.3) is 0 Å². The van der Waals surface area contributed by atoms with E-state index >= 15 is 0 Å². The van der Waals surface area contributed by atoms with E-state index in [1.165, 1.54) is 0 Å². The molecule has 1 atom stereocenters. The van der Waals surface area contributed by atoms with Crippen LogP contribution in [0.5, 0.6) is 0 Å². The minimum absolute atomic E-state index is 0.0761. The van der Waals surface area contributed by atoms with E-state index in [1.54, 1.807) is 9.60 Å². The predicted octanol–water partition coefficient (Wildman–Crippen LogP) is 4.69. The molecule has 0 bridgehead atoms. The van der Waals surface area contributed by atoms with Gasteiger partial charge in [-0.15, -0.1) is 0 Å². The van der Waals surface area contributed by atoms with Crippen molar-refractivity contribution in [3.63, 3.8) is 0 Å². The summed E-state index contributed by atoms with van der Waals surface area (Å²) in [5.74, 6) is 7.36. The van der Waals surface area contributed by atoms with Gasteiger partial charge >= 0.3 is 130 Å². The molecule has 5 heteroatoms. The fourth-order valence-electron chi connectivity index (χ4n) is 3.66. The number of carbonyl (C=O) groups is 1. The normalized spacial score (nSPS) is 23.9. The quantitative estimate of drug-likeness (QED) is 0.516. The van der Waals surface area contributed by atoms with Gasteiger partial charge in [0.2, 0.25) is 0 Å². The van der Waals surface area contributed by atoms with Crippen molar-refractivity contribution in [2.75, 3.05) is 6.61 Å². The van der Waals surface area contributed by atoms with Crippen LogP contribution in [-0.2, 0) is 9.53 Å². The molecule has 0 aliphatic heterocycles. The van der Waals surface area contributed by atoms with Gasteiger partial charge in [0, 0.05) is 0 Å². The van der Waals surface area contributed by atoms with Gasteiger partial charge in [0.15, 0.2) is 0 Å². The zero-order chi connectivity index (χ0) is 16.1. The summed E-state index contributed by atoms with van der Waals surface area (Å²) >= 11 is -2.03. The predicted molar refractivity (Wildman–Crippen MR) is 96.4 cm³/mol. The molecule has 0 amide bonds. The van der Waals surface area contributed by atoms with Crippen LogP contribution in [0.4, 0.5) is 0 Å². The molecule has 0 aromatic heterocycles. The molecule has 1 aliphatic carbocycles. The molecule has 1 aliphatic rings. The summed E-state index contributed by atoms with van der Waals surface area (Å²) in [6, 6.07) is 0. The van der Waals surface area contributed by atoms with Gasteiger partial charge in [-0.2, -0.15) is 0 Å². The summed E-state index contributed by atoms with van der Waals surface area (Å²) in [6.45, 7) is 16.6. The van der Waals surface area contributed by atoms with Crippen molar-refractivity contribution in [2.45, 2.75) is 68.5 Å². The topological polar surface area (TPSA) is 26.3 Å². The zero-order valence-electron chi connectivity index (χ0n) is 15.0. The van der Waals surface area contributed by atoms with Gasteiger partial charge < -0.3 is 0 Å². The van der Waals surface area contributed by atoms with Crippen LogP contribution in [0.25, 0.3) is 0 Å². The Hall–Kier alpha value is 0.187. The van der Waals surface area contributed by atoms with Gasteiger partial charge in [-0.1, -0.05) is 0 Å². The van der Waals surface area contributed by atoms with Crippen molar-refractivity contribution in [1.82, 2.24) is 0 Å². The summed E-state index contributed by atoms with van der Waals surface area (Å²) < 4.78 is 7.14. The van der Waals surface area contributed by atoms with E-state index in [2.05, 4.69) is 56.6 Å². The summed E-state index contributed by atoms with van der Waals surface area (Å²) in [6.07, 6.45) is 0. The molecule has 0 saturated heterocycles. The van der Waals surface area contributed by atoms with Crippen LogP contribution in [0.15, 0.2) is 9.60 Å². The molecule has 2 nitrogen and oxygen atoms in total. The first-order valence-electron chi connectivity index (χ1n) is 7.65. The van der Waals surface area contributed by atoms with Crippen molar-refractivity contribution in [3.8, 4) is 0 Å². The first-order chi connectivity index (χ1) is 8.72. The van der Waals surface area contributed by atoms with Gasteiger partial charge in [0.05, 0.1) is 0 Å². The Morgan fingerprint density at radius 1 is 1.10 bits per heavy atom. The van der Waals surface area contributed by atoms with E-state index in [9.17, 15) is 4.79 Å². The molecule has 1 unspecified atom stereocenters. The van der Waals surface area contributed by atoms with Crippen molar-refractivity contribution in [1.29, 1.82) is 0 Å². The van der Waals surface area contributed by atoms with E-state index in [-0.39, 0.29) is 11.0 Å². The van der Waals surface area contributed by atoms with Crippen molar-refractivity contribution < 1.29 is 9.53 Å². The summed E-state index contributed by atoms with van der Waals surface area (Å²) in [5, 5.41) is 1.32. The number of rotatable bonds is 5. The summed E-state index contributed by atoms with van der Waals surface area (Å²) in [4.78, 5) is 12.9. The van der Waals surface area contributed by atoms with Gasteiger partial charge in [-0.25, -0.2) is 0 Å². The average molecular weight is 373 g/mol. The minimum atomic E-state index is -2.03. The van der Waals surface area contributed by atoms with Crippen LogP contribution in [0, 0.1) is 0 Å². The Balaban J connectivity index is 3.48. The molecule has 0 spiro atoms. The van der Waals surface area contributed by atoms with Gasteiger partial charge in [0.1, 0.15) is 0 Å². The Labute approximate surface area is 129 Å². The molecular weight excluding hydrogens is 341 g/mol. The SMILES string of the molecule is CCOC(=O)C1([Si](C)(C)C)C([Si](C)(C)C)=[C]1[Ge]([CH3])([CH3])[CH3]. The Morgan fingerprint density at radius 2 is 1.55 bits per heavy atom.